The van der Waals surface area contributed by atoms with Crippen LogP contribution in [-0.2, 0) is 9.59 Å². The number of pyridine rings is 1. The van der Waals surface area contributed by atoms with Crippen LogP contribution in [0.5, 0.6) is 0 Å². The number of urea groups is 1. The van der Waals surface area contributed by atoms with E-state index in [4.69, 9.17) is 5.11 Å². The molecule has 3 amide bonds. The van der Waals surface area contributed by atoms with Gasteiger partial charge in [0.15, 0.2) is 0 Å². The van der Waals surface area contributed by atoms with E-state index < -0.39 is 24.5 Å². The summed E-state index contributed by atoms with van der Waals surface area (Å²) in [6, 6.07) is 2.90. The Kier molecular flexibility index (Phi) is 5.45. The quantitative estimate of drug-likeness (QED) is 0.606. The number of carboxylic acid groups (broad SMARTS) is 1. The summed E-state index contributed by atoms with van der Waals surface area (Å²) >= 11 is 0. The molecule has 1 rings (SSSR count). The Balaban J connectivity index is 2.40. The van der Waals surface area contributed by atoms with Gasteiger partial charge < -0.3 is 21.1 Å². The maximum Gasteiger partial charge on any atom is 0.322 e. The lowest BCUT2D eigenvalue weighted by Crippen LogP contribution is -2.40. The first kappa shape index (κ1) is 15.4. The van der Waals surface area contributed by atoms with Crippen molar-refractivity contribution in [2.75, 3.05) is 18.4 Å². The van der Waals surface area contributed by atoms with Gasteiger partial charge in [0.2, 0.25) is 5.91 Å². The molecule has 0 saturated carbocycles. The summed E-state index contributed by atoms with van der Waals surface area (Å²) in [5, 5.41) is 15.4. The summed E-state index contributed by atoms with van der Waals surface area (Å²) < 4.78 is 0. The third-order valence-electron chi connectivity index (χ3n) is 2.32. The van der Waals surface area contributed by atoms with Crippen molar-refractivity contribution in [2.24, 2.45) is 0 Å². The number of anilines is 1. The molecule has 0 aliphatic rings. The van der Waals surface area contributed by atoms with Gasteiger partial charge in [0.25, 0.3) is 0 Å². The first-order valence-corrected chi connectivity index (χ1v) is 5.86. The fourth-order valence-electron chi connectivity index (χ4n) is 1.38. The van der Waals surface area contributed by atoms with Crippen molar-refractivity contribution >= 4 is 23.6 Å². The highest BCUT2D eigenvalue weighted by atomic mass is 16.4. The van der Waals surface area contributed by atoms with Gasteiger partial charge in [-0.25, -0.2) is 4.79 Å². The van der Waals surface area contributed by atoms with Crippen molar-refractivity contribution in [3.05, 3.63) is 23.5 Å². The maximum atomic E-state index is 11.5. The van der Waals surface area contributed by atoms with Crippen LogP contribution in [-0.4, -0.2) is 41.1 Å². The van der Waals surface area contributed by atoms with E-state index in [1.807, 2.05) is 6.92 Å². The van der Waals surface area contributed by atoms with E-state index in [9.17, 15) is 14.4 Å². The Morgan fingerprint density at radius 1 is 1.15 bits per heavy atom. The van der Waals surface area contributed by atoms with Gasteiger partial charge in [-0.3, -0.25) is 14.6 Å². The number of nitrogens with zero attached hydrogens (tertiary/aromatic N) is 1. The number of hydrogen-bond acceptors (Lipinski definition) is 4. The molecule has 1 aromatic rings. The Labute approximate surface area is 115 Å². The normalized spacial score (nSPS) is 9.70. The summed E-state index contributed by atoms with van der Waals surface area (Å²) in [7, 11) is 0. The first-order chi connectivity index (χ1) is 9.38. The van der Waals surface area contributed by atoms with Crippen LogP contribution in [0.25, 0.3) is 0 Å². The van der Waals surface area contributed by atoms with Gasteiger partial charge >= 0.3 is 12.0 Å². The third kappa shape index (κ3) is 5.34. The van der Waals surface area contributed by atoms with Crippen LogP contribution < -0.4 is 16.0 Å². The van der Waals surface area contributed by atoms with E-state index in [1.54, 1.807) is 19.1 Å². The Bertz CT molecular complexity index is 530. The molecule has 0 fully saturated rings. The lowest BCUT2D eigenvalue weighted by Gasteiger charge is -2.09. The van der Waals surface area contributed by atoms with E-state index >= 15 is 0 Å². The van der Waals surface area contributed by atoms with Crippen LogP contribution in [0.4, 0.5) is 10.5 Å². The van der Waals surface area contributed by atoms with Gasteiger partial charge in [-0.2, -0.15) is 0 Å². The van der Waals surface area contributed by atoms with E-state index in [1.165, 1.54) is 0 Å². The first-order valence-electron chi connectivity index (χ1n) is 5.86. The van der Waals surface area contributed by atoms with Gasteiger partial charge in [0, 0.05) is 5.69 Å². The van der Waals surface area contributed by atoms with Gasteiger partial charge in [0.1, 0.15) is 6.54 Å². The molecule has 1 heterocycles. The molecule has 108 valence electrons. The Morgan fingerprint density at radius 2 is 1.85 bits per heavy atom. The van der Waals surface area contributed by atoms with Crippen molar-refractivity contribution in [3.8, 4) is 0 Å². The molecule has 0 unspecified atom stereocenters. The number of carbonyl (C=O) groups is 3. The molecule has 0 aliphatic carbocycles. The molecule has 20 heavy (non-hydrogen) atoms. The van der Waals surface area contributed by atoms with Crippen molar-refractivity contribution in [1.82, 2.24) is 15.6 Å². The zero-order valence-electron chi connectivity index (χ0n) is 11.2. The SMILES string of the molecule is Cc1ccc(NC(=O)NCC(=O)NCC(=O)O)c(C)n1. The highest BCUT2D eigenvalue weighted by Crippen LogP contribution is 2.11. The van der Waals surface area contributed by atoms with Crippen LogP contribution in [0.15, 0.2) is 12.1 Å². The van der Waals surface area contributed by atoms with Gasteiger partial charge in [0.05, 0.1) is 17.9 Å². The molecule has 0 atom stereocenters. The number of hydrogen-bond donors (Lipinski definition) is 4. The van der Waals surface area contributed by atoms with Crippen LogP contribution in [0.3, 0.4) is 0 Å². The molecule has 8 nitrogen and oxygen atoms in total. The van der Waals surface area contributed by atoms with Crippen molar-refractivity contribution in [2.45, 2.75) is 13.8 Å². The number of nitrogens with one attached hydrogen (secondary N) is 3. The number of aromatic nitrogens is 1. The predicted molar refractivity (Wildman–Crippen MR) is 71.4 cm³/mol. The zero-order valence-corrected chi connectivity index (χ0v) is 11.2. The standard InChI is InChI=1S/C12H16N4O4/c1-7-3-4-9(8(2)15-7)16-12(20)14-5-10(17)13-6-11(18)19/h3-4H,5-6H2,1-2H3,(H,13,17)(H,18,19)(H2,14,16,20). The monoisotopic (exact) mass is 280 g/mol. The molecular weight excluding hydrogens is 264 g/mol. The minimum atomic E-state index is -1.15. The minimum Gasteiger partial charge on any atom is -0.480 e. The molecule has 0 spiro atoms. The van der Waals surface area contributed by atoms with E-state index in [2.05, 4.69) is 20.9 Å². The molecule has 0 aliphatic heterocycles. The average molecular weight is 280 g/mol. The van der Waals surface area contributed by atoms with Crippen molar-refractivity contribution in [3.63, 3.8) is 0 Å². The highest BCUT2D eigenvalue weighted by molar-refractivity contribution is 5.93. The van der Waals surface area contributed by atoms with Crippen LogP contribution in [0.2, 0.25) is 0 Å². The molecular formula is C12H16N4O4. The van der Waals surface area contributed by atoms with Crippen LogP contribution in [0, 0.1) is 13.8 Å². The molecule has 8 heteroatoms. The molecule has 1 aromatic heterocycles. The smallest absolute Gasteiger partial charge is 0.322 e. The number of carbonyl (C=O) groups excluding carboxylic acids is 2. The van der Waals surface area contributed by atoms with E-state index in [-0.39, 0.29) is 6.54 Å². The van der Waals surface area contributed by atoms with Crippen LogP contribution >= 0.6 is 0 Å². The lowest BCUT2D eigenvalue weighted by molar-refractivity contribution is -0.137. The summed E-state index contributed by atoms with van der Waals surface area (Å²) in [5.74, 6) is -1.73. The number of carboxylic acids is 1. The van der Waals surface area contributed by atoms with Gasteiger partial charge in [-0.1, -0.05) is 0 Å². The predicted octanol–water partition coefficient (Wildman–Crippen LogP) is 0.0207. The summed E-state index contributed by atoms with van der Waals surface area (Å²) in [5.41, 5.74) is 2.04. The average Bonchev–Trinajstić information content (AvgIpc) is 2.37. The Hall–Kier alpha value is -2.64. The van der Waals surface area contributed by atoms with Gasteiger partial charge in [-0.15, -0.1) is 0 Å². The number of amides is 3. The molecule has 4 N–H and O–H groups in total. The second kappa shape index (κ2) is 7.07. The second-order valence-electron chi connectivity index (χ2n) is 4.06. The molecule has 0 bridgehead atoms. The third-order valence-corrected chi connectivity index (χ3v) is 2.32. The molecule has 0 aromatic carbocycles. The minimum absolute atomic E-state index is 0.308. The fourth-order valence-corrected chi connectivity index (χ4v) is 1.38. The summed E-state index contributed by atoms with van der Waals surface area (Å²) in [6.45, 7) is 2.80. The van der Waals surface area contributed by atoms with Crippen molar-refractivity contribution in [1.29, 1.82) is 0 Å². The topological polar surface area (TPSA) is 120 Å². The van der Waals surface area contributed by atoms with Crippen molar-refractivity contribution < 1.29 is 19.5 Å². The zero-order chi connectivity index (χ0) is 15.1. The summed E-state index contributed by atoms with van der Waals surface area (Å²) in [4.78, 5) is 37.1. The molecule has 0 radical (unpaired) electrons. The molecule has 0 saturated heterocycles. The maximum absolute atomic E-state index is 11.5. The number of aryl methyl sites for hydroxylation is 2. The largest absolute Gasteiger partial charge is 0.480 e. The fraction of sp³-hybridized carbons (Fsp3) is 0.333. The Morgan fingerprint density at radius 3 is 2.45 bits per heavy atom. The van der Waals surface area contributed by atoms with E-state index in [0.717, 1.165) is 5.69 Å². The van der Waals surface area contributed by atoms with Crippen LogP contribution in [0.1, 0.15) is 11.4 Å². The summed E-state index contributed by atoms with van der Waals surface area (Å²) in [6.07, 6.45) is 0. The van der Waals surface area contributed by atoms with Gasteiger partial charge in [-0.05, 0) is 26.0 Å². The second-order valence-corrected chi connectivity index (χ2v) is 4.06. The number of rotatable bonds is 5. The number of aliphatic carboxylic acids is 1. The lowest BCUT2D eigenvalue weighted by atomic mass is 10.3. The highest BCUT2D eigenvalue weighted by Gasteiger charge is 2.08. The van der Waals surface area contributed by atoms with E-state index in [0.29, 0.717) is 11.4 Å².